The van der Waals surface area contributed by atoms with E-state index in [0.717, 1.165) is 25.9 Å². The second kappa shape index (κ2) is 20.7. The van der Waals surface area contributed by atoms with Gasteiger partial charge in [0.1, 0.15) is 6.10 Å². The van der Waals surface area contributed by atoms with E-state index in [1.165, 1.54) is 64.9 Å². The smallest absolute Gasteiger partial charge is 0.305 e. The molecule has 0 rings (SSSR count). The molecule has 0 aliphatic rings. The Bertz CT molecular complexity index is 296. The summed E-state index contributed by atoms with van der Waals surface area (Å²) in [5, 5.41) is 9.31. The van der Waals surface area contributed by atoms with E-state index in [2.05, 4.69) is 11.7 Å². The van der Waals surface area contributed by atoms with Crippen molar-refractivity contribution in [2.24, 2.45) is 0 Å². The normalized spacial score (nSPS) is 12.3. The molecule has 0 fully saturated rings. The molecule has 1 N–H and O–H groups in total. The monoisotopic (exact) mass is 374 g/mol. The first-order chi connectivity index (χ1) is 12.7. The van der Waals surface area contributed by atoms with Gasteiger partial charge in [0, 0.05) is 19.6 Å². The van der Waals surface area contributed by atoms with Crippen LogP contribution in [0, 0.1) is 0 Å². The summed E-state index contributed by atoms with van der Waals surface area (Å²) in [6.07, 6.45) is 14.8. The molecule has 0 saturated heterocycles. The van der Waals surface area contributed by atoms with Gasteiger partial charge in [-0.2, -0.15) is 0 Å². The maximum Gasteiger partial charge on any atom is 0.305 e. The first kappa shape index (κ1) is 25.4. The highest BCUT2D eigenvalue weighted by Crippen LogP contribution is 2.10. The minimum atomic E-state index is -0.267. The van der Waals surface area contributed by atoms with Crippen LogP contribution in [0.4, 0.5) is 0 Å². The maximum absolute atomic E-state index is 11.0. The lowest BCUT2D eigenvalue weighted by Gasteiger charge is -2.15. The molecule has 5 nitrogen and oxygen atoms in total. The Kier molecular flexibility index (Phi) is 20.1. The zero-order chi connectivity index (χ0) is 19.3. The molecule has 0 amide bonds. The molecule has 1 atom stereocenters. The number of carbonyl (C=O) groups excluding carboxylic acids is 1. The molecule has 0 spiro atoms. The van der Waals surface area contributed by atoms with Crippen LogP contribution < -0.4 is 0 Å². The summed E-state index contributed by atoms with van der Waals surface area (Å²) >= 11 is 0. The molecule has 0 aromatic rings. The van der Waals surface area contributed by atoms with Crippen molar-refractivity contribution in [2.45, 2.75) is 96.5 Å². The van der Waals surface area contributed by atoms with Crippen LogP contribution in [-0.4, -0.2) is 50.7 Å². The van der Waals surface area contributed by atoms with Gasteiger partial charge in [-0.15, -0.1) is 0 Å². The number of aliphatic hydroxyl groups is 1. The van der Waals surface area contributed by atoms with Gasteiger partial charge >= 0.3 is 5.97 Å². The van der Waals surface area contributed by atoms with E-state index >= 15 is 0 Å². The molecule has 0 aliphatic heterocycles. The SMILES string of the molecule is CCCCCCCCCCCCOC[C@H](CO)OCCCCC(=O)OC. The Morgan fingerprint density at radius 3 is 2.00 bits per heavy atom. The predicted octanol–water partition coefficient (Wildman–Crippen LogP) is 4.64. The Morgan fingerprint density at radius 1 is 0.846 bits per heavy atom. The molecule has 0 heterocycles. The quantitative estimate of drug-likeness (QED) is 0.248. The molecular formula is C21H42O5. The van der Waals surface area contributed by atoms with Crippen LogP contribution in [0.3, 0.4) is 0 Å². The topological polar surface area (TPSA) is 65.0 Å². The van der Waals surface area contributed by atoms with Gasteiger partial charge in [0.25, 0.3) is 0 Å². The number of ether oxygens (including phenoxy) is 3. The van der Waals surface area contributed by atoms with Crippen LogP contribution in [-0.2, 0) is 19.0 Å². The zero-order valence-electron chi connectivity index (χ0n) is 17.2. The van der Waals surface area contributed by atoms with Gasteiger partial charge in [0.2, 0.25) is 0 Å². The van der Waals surface area contributed by atoms with Gasteiger partial charge in [-0.1, -0.05) is 64.7 Å². The fourth-order valence-electron chi connectivity index (χ4n) is 2.78. The third-order valence-corrected chi connectivity index (χ3v) is 4.51. The highest BCUT2D eigenvalue weighted by molar-refractivity contribution is 5.68. The first-order valence-electron chi connectivity index (χ1n) is 10.6. The largest absolute Gasteiger partial charge is 0.469 e. The molecule has 5 heteroatoms. The van der Waals surface area contributed by atoms with Gasteiger partial charge in [-0.3, -0.25) is 4.79 Å². The van der Waals surface area contributed by atoms with Crippen molar-refractivity contribution < 1.29 is 24.1 Å². The summed E-state index contributed by atoms with van der Waals surface area (Å²) < 4.78 is 15.8. The molecule has 0 aromatic carbocycles. The number of rotatable bonds is 20. The van der Waals surface area contributed by atoms with E-state index in [1.54, 1.807) is 0 Å². The van der Waals surface area contributed by atoms with Crippen molar-refractivity contribution in [2.75, 3.05) is 33.5 Å². The fraction of sp³-hybridized carbons (Fsp3) is 0.952. The Hall–Kier alpha value is -0.650. The predicted molar refractivity (Wildman–Crippen MR) is 105 cm³/mol. The maximum atomic E-state index is 11.0. The van der Waals surface area contributed by atoms with Gasteiger partial charge in [0.15, 0.2) is 0 Å². The van der Waals surface area contributed by atoms with Gasteiger partial charge in [-0.25, -0.2) is 0 Å². The summed E-state index contributed by atoms with van der Waals surface area (Å²) in [5.74, 6) is -0.191. The summed E-state index contributed by atoms with van der Waals surface area (Å²) in [6, 6.07) is 0. The lowest BCUT2D eigenvalue weighted by molar-refractivity contribution is -0.140. The van der Waals surface area contributed by atoms with Crippen molar-refractivity contribution in [3.63, 3.8) is 0 Å². The van der Waals surface area contributed by atoms with Crippen molar-refractivity contribution in [1.82, 2.24) is 0 Å². The van der Waals surface area contributed by atoms with E-state index in [1.807, 2.05) is 0 Å². The number of aliphatic hydroxyl groups excluding tert-OH is 1. The molecule has 0 saturated carbocycles. The van der Waals surface area contributed by atoms with Crippen LogP contribution in [0.25, 0.3) is 0 Å². The third-order valence-electron chi connectivity index (χ3n) is 4.51. The lowest BCUT2D eigenvalue weighted by atomic mass is 10.1. The first-order valence-corrected chi connectivity index (χ1v) is 10.6. The molecule has 0 unspecified atom stereocenters. The second-order valence-electron chi connectivity index (χ2n) is 6.97. The van der Waals surface area contributed by atoms with E-state index < -0.39 is 0 Å². The van der Waals surface area contributed by atoms with Gasteiger partial charge in [0.05, 0.1) is 20.3 Å². The van der Waals surface area contributed by atoms with Gasteiger partial charge in [-0.05, 0) is 19.3 Å². The third kappa shape index (κ3) is 18.2. The number of unbranched alkanes of at least 4 members (excludes halogenated alkanes) is 10. The van der Waals surface area contributed by atoms with Crippen LogP contribution in [0.5, 0.6) is 0 Å². The van der Waals surface area contributed by atoms with E-state index in [4.69, 9.17) is 9.47 Å². The molecule has 0 radical (unpaired) electrons. The average Bonchev–Trinajstić information content (AvgIpc) is 2.66. The molecular weight excluding hydrogens is 332 g/mol. The second-order valence-corrected chi connectivity index (χ2v) is 6.97. The highest BCUT2D eigenvalue weighted by atomic mass is 16.5. The van der Waals surface area contributed by atoms with Crippen LogP contribution in [0.1, 0.15) is 90.4 Å². The summed E-state index contributed by atoms with van der Waals surface area (Å²) in [7, 11) is 1.40. The number of methoxy groups -OCH3 is 1. The van der Waals surface area contributed by atoms with Crippen LogP contribution >= 0.6 is 0 Å². The summed E-state index contributed by atoms with van der Waals surface area (Å²) in [4.78, 5) is 11.0. The number of hydrogen-bond donors (Lipinski definition) is 1. The summed E-state index contributed by atoms with van der Waals surface area (Å²) in [6.45, 7) is 3.92. The van der Waals surface area contributed by atoms with Crippen molar-refractivity contribution in [1.29, 1.82) is 0 Å². The highest BCUT2D eigenvalue weighted by Gasteiger charge is 2.08. The zero-order valence-corrected chi connectivity index (χ0v) is 17.2. The summed E-state index contributed by atoms with van der Waals surface area (Å²) in [5.41, 5.74) is 0. The Balaban J connectivity index is 3.32. The Labute approximate surface area is 160 Å². The number of carbonyl (C=O) groups is 1. The molecule has 0 aromatic heterocycles. The van der Waals surface area contributed by atoms with E-state index in [9.17, 15) is 9.90 Å². The minimum Gasteiger partial charge on any atom is -0.469 e. The van der Waals surface area contributed by atoms with Crippen molar-refractivity contribution in [3.8, 4) is 0 Å². The lowest BCUT2D eigenvalue weighted by Crippen LogP contribution is -2.24. The molecule has 0 aliphatic carbocycles. The average molecular weight is 375 g/mol. The Morgan fingerprint density at radius 2 is 1.42 bits per heavy atom. The standard InChI is InChI=1S/C21H42O5/c1-3-4-5-6-7-8-9-10-11-13-16-25-19-20(18-22)26-17-14-12-15-21(23)24-2/h20,22H,3-19H2,1-2H3/t20-/m0/s1. The minimum absolute atomic E-state index is 0.0327. The van der Waals surface area contributed by atoms with Crippen LogP contribution in [0.15, 0.2) is 0 Å². The number of esters is 1. The molecule has 0 bridgehead atoms. The fourth-order valence-corrected chi connectivity index (χ4v) is 2.78. The van der Waals surface area contributed by atoms with Crippen molar-refractivity contribution >= 4 is 5.97 Å². The molecule has 156 valence electrons. The van der Waals surface area contributed by atoms with Crippen molar-refractivity contribution in [3.05, 3.63) is 0 Å². The number of hydrogen-bond acceptors (Lipinski definition) is 5. The van der Waals surface area contributed by atoms with E-state index in [0.29, 0.717) is 19.6 Å². The van der Waals surface area contributed by atoms with Gasteiger partial charge < -0.3 is 19.3 Å². The molecule has 26 heavy (non-hydrogen) atoms. The van der Waals surface area contributed by atoms with E-state index in [-0.39, 0.29) is 18.7 Å². The van der Waals surface area contributed by atoms with Crippen LogP contribution in [0.2, 0.25) is 0 Å².